The van der Waals surface area contributed by atoms with Crippen LogP contribution in [0, 0.1) is 10.8 Å². The minimum Gasteiger partial charge on any atom is -0.396 e. The van der Waals surface area contributed by atoms with Crippen LogP contribution >= 0.6 is 0 Å². The van der Waals surface area contributed by atoms with E-state index in [9.17, 15) is 0 Å². The summed E-state index contributed by atoms with van der Waals surface area (Å²) >= 11 is 0. The van der Waals surface area contributed by atoms with E-state index >= 15 is 0 Å². The molecule has 0 rings (SSSR count). The van der Waals surface area contributed by atoms with Crippen LogP contribution < -0.4 is 0 Å². The fourth-order valence-corrected chi connectivity index (χ4v) is 2.94. The third kappa shape index (κ3) is 17.0. The maximum atomic E-state index is 9.00. The Labute approximate surface area is 156 Å². The number of hydrogen-bond acceptors (Lipinski definition) is 4. The van der Waals surface area contributed by atoms with Gasteiger partial charge in [-0.15, -0.1) is 0 Å². The van der Waals surface area contributed by atoms with E-state index in [0.717, 1.165) is 84.2 Å². The zero-order valence-corrected chi connectivity index (χ0v) is 17.3. The Morgan fingerprint density at radius 1 is 0.520 bits per heavy atom. The van der Waals surface area contributed by atoms with E-state index in [1.165, 1.54) is 0 Å². The number of hydrogen-bond donors (Lipinski definition) is 2. The van der Waals surface area contributed by atoms with Crippen molar-refractivity contribution in [3.8, 4) is 0 Å². The summed E-state index contributed by atoms with van der Waals surface area (Å²) in [6.45, 7) is 12.7. The summed E-state index contributed by atoms with van der Waals surface area (Å²) in [5.41, 5.74) is 0.492. The maximum Gasteiger partial charge on any atom is 0.0487 e. The van der Waals surface area contributed by atoms with E-state index in [-0.39, 0.29) is 24.0 Å². The predicted octanol–water partition coefficient (Wildman–Crippen LogP) is 4.57. The Morgan fingerprint density at radius 2 is 0.880 bits per heavy atom. The summed E-state index contributed by atoms with van der Waals surface area (Å²) < 4.78 is 11.3. The third-order valence-electron chi connectivity index (χ3n) is 4.94. The van der Waals surface area contributed by atoms with Crippen LogP contribution in [-0.2, 0) is 9.47 Å². The van der Waals surface area contributed by atoms with Gasteiger partial charge in [0.2, 0.25) is 0 Å². The second kappa shape index (κ2) is 15.0. The van der Waals surface area contributed by atoms with Gasteiger partial charge in [0.05, 0.1) is 0 Å². The first-order chi connectivity index (χ1) is 11.8. The fourth-order valence-electron chi connectivity index (χ4n) is 2.94. The van der Waals surface area contributed by atoms with E-state index in [2.05, 4.69) is 27.7 Å². The van der Waals surface area contributed by atoms with Crippen molar-refractivity contribution in [2.45, 2.75) is 85.5 Å². The van der Waals surface area contributed by atoms with Crippen molar-refractivity contribution in [2.75, 3.05) is 39.6 Å². The first-order valence-corrected chi connectivity index (χ1v) is 10.2. The molecular weight excluding hydrogens is 316 g/mol. The topological polar surface area (TPSA) is 58.9 Å². The predicted molar refractivity (Wildman–Crippen MR) is 105 cm³/mol. The standard InChI is InChI=1S/C21H44O4/c1-20(2,12-14-22)10-5-7-16-24-18-9-19-25-17-8-6-11-21(3,4)13-15-23/h22-23H,5-19H2,1-4H3. The van der Waals surface area contributed by atoms with Crippen molar-refractivity contribution in [1.29, 1.82) is 0 Å². The lowest BCUT2D eigenvalue weighted by Crippen LogP contribution is -2.13. The lowest BCUT2D eigenvalue weighted by Gasteiger charge is -2.23. The first kappa shape index (κ1) is 24.8. The second-order valence-electron chi connectivity index (χ2n) is 8.77. The van der Waals surface area contributed by atoms with Gasteiger partial charge in [-0.05, 0) is 55.8 Å². The number of aliphatic hydroxyl groups is 2. The summed E-state index contributed by atoms with van der Waals surface area (Å²) in [6.07, 6.45) is 9.54. The van der Waals surface area contributed by atoms with Gasteiger partial charge in [0, 0.05) is 39.6 Å². The molecule has 0 radical (unpaired) electrons. The van der Waals surface area contributed by atoms with E-state index < -0.39 is 0 Å². The Morgan fingerprint density at radius 3 is 1.24 bits per heavy atom. The highest BCUT2D eigenvalue weighted by molar-refractivity contribution is 4.68. The van der Waals surface area contributed by atoms with E-state index in [0.29, 0.717) is 0 Å². The van der Waals surface area contributed by atoms with Crippen LogP contribution in [0.4, 0.5) is 0 Å². The molecule has 4 heteroatoms. The van der Waals surface area contributed by atoms with Gasteiger partial charge in [-0.25, -0.2) is 0 Å². The van der Waals surface area contributed by atoms with Gasteiger partial charge in [-0.3, -0.25) is 0 Å². The van der Waals surface area contributed by atoms with Crippen LogP contribution in [0.25, 0.3) is 0 Å². The van der Waals surface area contributed by atoms with Crippen molar-refractivity contribution < 1.29 is 19.7 Å². The molecule has 0 aliphatic carbocycles. The molecule has 0 aromatic heterocycles. The van der Waals surface area contributed by atoms with E-state index in [1.807, 2.05) is 0 Å². The molecule has 0 unspecified atom stereocenters. The largest absolute Gasteiger partial charge is 0.396 e. The van der Waals surface area contributed by atoms with Crippen molar-refractivity contribution in [1.82, 2.24) is 0 Å². The quantitative estimate of drug-likeness (QED) is 0.352. The van der Waals surface area contributed by atoms with E-state index in [4.69, 9.17) is 19.7 Å². The average molecular weight is 361 g/mol. The molecular formula is C21H44O4. The number of aliphatic hydroxyl groups excluding tert-OH is 2. The SMILES string of the molecule is CC(C)(CCO)CCCCOCCCOCCCCC(C)(C)CCO. The lowest BCUT2D eigenvalue weighted by molar-refractivity contribution is 0.0772. The molecule has 4 nitrogen and oxygen atoms in total. The monoisotopic (exact) mass is 360 g/mol. The van der Waals surface area contributed by atoms with Gasteiger partial charge in [0.15, 0.2) is 0 Å². The highest BCUT2D eigenvalue weighted by Gasteiger charge is 2.16. The molecule has 2 N–H and O–H groups in total. The van der Waals surface area contributed by atoms with E-state index in [1.54, 1.807) is 0 Å². The number of rotatable bonds is 18. The molecule has 0 saturated heterocycles. The minimum absolute atomic E-state index is 0.246. The van der Waals surface area contributed by atoms with Gasteiger partial charge in [0.1, 0.15) is 0 Å². The molecule has 0 aromatic carbocycles. The van der Waals surface area contributed by atoms with Crippen LogP contribution in [0.3, 0.4) is 0 Å². The van der Waals surface area contributed by atoms with Crippen molar-refractivity contribution in [3.63, 3.8) is 0 Å². The Balaban J connectivity index is 3.27. The Hall–Kier alpha value is -0.160. The first-order valence-electron chi connectivity index (χ1n) is 10.2. The van der Waals surface area contributed by atoms with Crippen molar-refractivity contribution in [2.24, 2.45) is 10.8 Å². The summed E-state index contributed by atoms with van der Waals surface area (Å²) in [7, 11) is 0. The molecule has 0 saturated carbocycles. The van der Waals surface area contributed by atoms with Gasteiger partial charge in [-0.1, -0.05) is 40.5 Å². The average Bonchev–Trinajstić information content (AvgIpc) is 2.51. The molecule has 152 valence electrons. The molecule has 25 heavy (non-hydrogen) atoms. The summed E-state index contributed by atoms with van der Waals surface area (Å²) in [5, 5.41) is 18.0. The van der Waals surface area contributed by atoms with Gasteiger partial charge < -0.3 is 19.7 Å². The maximum absolute atomic E-state index is 9.00. The normalized spacial score (nSPS) is 12.7. The van der Waals surface area contributed by atoms with Crippen LogP contribution in [0.15, 0.2) is 0 Å². The van der Waals surface area contributed by atoms with Crippen molar-refractivity contribution in [3.05, 3.63) is 0 Å². The molecule has 0 amide bonds. The fraction of sp³-hybridized carbons (Fsp3) is 1.00. The molecule has 0 spiro atoms. The molecule has 0 heterocycles. The zero-order valence-electron chi connectivity index (χ0n) is 17.3. The molecule has 0 bridgehead atoms. The smallest absolute Gasteiger partial charge is 0.0487 e. The molecule has 0 aliphatic rings. The molecule has 0 aliphatic heterocycles. The summed E-state index contributed by atoms with van der Waals surface area (Å²) in [6, 6.07) is 0. The van der Waals surface area contributed by atoms with Gasteiger partial charge in [0.25, 0.3) is 0 Å². The Bertz CT molecular complexity index is 262. The zero-order chi connectivity index (χ0) is 19.0. The van der Waals surface area contributed by atoms with Gasteiger partial charge in [-0.2, -0.15) is 0 Å². The van der Waals surface area contributed by atoms with Crippen LogP contribution in [0.5, 0.6) is 0 Å². The molecule has 0 fully saturated rings. The minimum atomic E-state index is 0.246. The van der Waals surface area contributed by atoms with Crippen LogP contribution in [0.1, 0.15) is 85.5 Å². The summed E-state index contributed by atoms with van der Waals surface area (Å²) in [4.78, 5) is 0. The number of unbranched alkanes of at least 4 members (excludes halogenated alkanes) is 2. The lowest BCUT2D eigenvalue weighted by atomic mass is 9.84. The van der Waals surface area contributed by atoms with Crippen molar-refractivity contribution >= 4 is 0 Å². The highest BCUT2D eigenvalue weighted by Crippen LogP contribution is 2.27. The highest BCUT2D eigenvalue weighted by atomic mass is 16.5. The summed E-state index contributed by atoms with van der Waals surface area (Å²) in [5.74, 6) is 0. The molecule has 0 aromatic rings. The second-order valence-corrected chi connectivity index (χ2v) is 8.77. The van der Waals surface area contributed by atoms with Gasteiger partial charge >= 0.3 is 0 Å². The third-order valence-corrected chi connectivity index (χ3v) is 4.94. The number of ether oxygens (including phenoxy) is 2. The van der Waals surface area contributed by atoms with Crippen LogP contribution in [0.2, 0.25) is 0 Å². The van der Waals surface area contributed by atoms with Crippen LogP contribution in [-0.4, -0.2) is 49.9 Å². The molecule has 0 atom stereocenters. The Kier molecular flexibility index (Phi) is 14.9.